The zero-order valence-corrected chi connectivity index (χ0v) is 14.6. The molecule has 0 spiro atoms. The minimum Gasteiger partial charge on any atom is -0.342 e. The standard InChI is InChI=1S/C16H23N3O4S/c1-2-3-8-17-24(22,23)15-6-4-14(5-7-15)16(21)19-11-9-18(13-20)10-12-19/h4-7,13,17H,2-3,8-12H2,1H3. The molecule has 24 heavy (non-hydrogen) atoms. The zero-order chi connectivity index (χ0) is 17.6. The van der Waals surface area contributed by atoms with E-state index in [1.54, 1.807) is 9.80 Å². The van der Waals surface area contributed by atoms with E-state index in [4.69, 9.17) is 0 Å². The van der Waals surface area contributed by atoms with Gasteiger partial charge in [0.1, 0.15) is 0 Å². The maximum absolute atomic E-state index is 12.4. The number of nitrogens with zero attached hydrogens (tertiary/aromatic N) is 2. The van der Waals surface area contributed by atoms with E-state index >= 15 is 0 Å². The van der Waals surface area contributed by atoms with E-state index in [1.807, 2.05) is 6.92 Å². The van der Waals surface area contributed by atoms with Crippen molar-refractivity contribution >= 4 is 22.3 Å². The van der Waals surface area contributed by atoms with Crippen LogP contribution < -0.4 is 4.72 Å². The van der Waals surface area contributed by atoms with Crippen LogP contribution >= 0.6 is 0 Å². The third-order valence-corrected chi connectivity index (χ3v) is 5.46. The van der Waals surface area contributed by atoms with Crippen LogP contribution in [0.15, 0.2) is 29.2 Å². The lowest BCUT2D eigenvalue weighted by Crippen LogP contribution is -2.48. The Morgan fingerprint density at radius 1 is 1.17 bits per heavy atom. The van der Waals surface area contributed by atoms with Crippen LogP contribution in [0.25, 0.3) is 0 Å². The van der Waals surface area contributed by atoms with Crippen LogP contribution in [0.1, 0.15) is 30.1 Å². The molecule has 2 amide bonds. The highest BCUT2D eigenvalue weighted by atomic mass is 32.2. The Hall–Kier alpha value is -1.93. The summed E-state index contributed by atoms with van der Waals surface area (Å²) in [5.74, 6) is -0.150. The van der Waals surface area contributed by atoms with Crippen molar-refractivity contribution in [3.05, 3.63) is 29.8 Å². The second-order valence-electron chi connectivity index (χ2n) is 5.71. The molecule has 0 aromatic heterocycles. The first kappa shape index (κ1) is 18.4. The molecule has 1 fully saturated rings. The Morgan fingerprint density at radius 2 is 1.79 bits per heavy atom. The molecule has 8 heteroatoms. The molecular weight excluding hydrogens is 330 g/mol. The molecule has 132 valence electrons. The molecule has 0 aliphatic carbocycles. The SMILES string of the molecule is CCCCNS(=O)(=O)c1ccc(C(=O)N2CCN(C=O)CC2)cc1. The Morgan fingerprint density at radius 3 is 2.33 bits per heavy atom. The van der Waals surface area contributed by atoms with Gasteiger partial charge in [0.2, 0.25) is 16.4 Å². The van der Waals surface area contributed by atoms with Crippen molar-refractivity contribution in [1.29, 1.82) is 0 Å². The van der Waals surface area contributed by atoms with E-state index < -0.39 is 10.0 Å². The fraction of sp³-hybridized carbons (Fsp3) is 0.500. The van der Waals surface area contributed by atoms with Crippen LogP contribution in [-0.2, 0) is 14.8 Å². The predicted molar refractivity (Wildman–Crippen MR) is 90.1 cm³/mol. The maximum atomic E-state index is 12.4. The highest BCUT2D eigenvalue weighted by Gasteiger charge is 2.22. The molecule has 7 nitrogen and oxygen atoms in total. The normalized spacial score (nSPS) is 15.4. The van der Waals surface area contributed by atoms with E-state index in [2.05, 4.69) is 4.72 Å². The van der Waals surface area contributed by atoms with Crippen LogP contribution in [0.5, 0.6) is 0 Å². The van der Waals surface area contributed by atoms with Gasteiger partial charge >= 0.3 is 0 Å². The molecular formula is C16H23N3O4S. The van der Waals surface area contributed by atoms with Gasteiger partial charge in [-0.3, -0.25) is 9.59 Å². The molecule has 1 N–H and O–H groups in total. The first-order valence-corrected chi connectivity index (χ1v) is 9.54. The summed E-state index contributed by atoms with van der Waals surface area (Å²) in [6.07, 6.45) is 2.48. The quantitative estimate of drug-likeness (QED) is 0.577. The predicted octanol–water partition coefficient (Wildman–Crippen LogP) is 0.679. The smallest absolute Gasteiger partial charge is 0.253 e. The van der Waals surface area contributed by atoms with Gasteiger partial charge in [-0.15, -0.1) is 0 Å². The van der Waals surface area contributed by atoms with Crippen molar-refractivity contribution in [3.8, 4) is 0 Å². The number of amides is 2. The number of carbonyl (C=O) groups is 2. The summed E-state index contributed by atoms with van der Waals surface area (Å²) >= 11 is 0. The van der Waals surface area contributed by atoms with Crippen molar-refractivity contribution in [2.45, 2.75) is 24.7 Å². The Kier molecular flexibility index (Phi) is 6.33. The summed E-state index contributed by atoms with van der Waals surface area (Å²) in [7, 11) is -3.53. The van der Waals surface area contributed by atoms with Crippen molar-refractivity contribution in [1.82, 2.24) is 14.5 Å². The molecule has 1 aromatic rings. The number of unbranched alkanes of at least 4 members (excludes halogenated alkanes) is 1. The summed E-state index contributed by atoms with van der Waals surface area (Å²) in [4.78, 5) is 26.6. The van der Waals surface area contributed by atoms with Gasteiger partial charge in [-0.1, -0.05) is 13.3 Å². The molecule has 1 aromatic carbocycles. The van der Waals surface area contributed by atoms with Crippen molar-refractivity contribution in [2.75, 3.05) is 32.7 Å². The van der Waals surface area contributed by atoms with Gasteiger partial charge in [-0.05, 0) is 30.7 Å². The Labute approximate surface area is 142 Å². The minimum absolute atomic E-state index is 0.150. The number of hydrogen-bond donors (Lipinski definition) is 1. The van der Waals surface area contributed by atoms with Crippen LogP contribution in [0.4, 0.5) is 0 Å². The van der Waals surface area contributed by atoms with E-state index in [1.165, 1.54) is 24.3 Å². The van der Waals surface area contributed by atoms with Crippen LogP contribution in [0, 0.1) is 0 Å². The van der Waals surface area contributed by atoms with E-state index in [9.17, 15) is 18.0 Å². The zero-order valence-electron chi connectivity index (χ0n) is 13.8. The summed E-state index contributed by atoms with van der Waals surface area (Å²) in [6, 6.07) is 5.96. The highest BCUT2D eigenvalue weighted by Crippen LogP contribution is 2.13. The van der Waals surface area contributed by atoms with Gasteiger partial charge in [0.15, 0.2) is 0 Å². The van der Waals surface area contributed by atoms with E-state index in [0.717, 1.165) is 19.3 Å². The van der Waals surface area contributed by atoms with Crippen molar-refractivity contribution < 1.29 is 18.0 Å². The highest BCUT2D eigenvalue weighted by molar-refractivity contribution is 7.89. The number of nitrogens with one attached hydrogen (secondary N) is 1. The molecule has 0 bridgehead atoms. The fourth-order valence-electron chi connectivity index (χ4n) is 2.46. The molecule has 1 saturated heterocycles. The third kappa shape index (κ3) is 4.55. The summed E-state index contributed by atoms with van der Waals surface area (Å²) in [5, 5.41) is 0. The number of carbonyl (C=O) groups excluding carboxylic acids is 2. The molecule has 0 atom stereocenters. The molecule has 1 aliphatic rings. The van der Waals surface area contributed by atoms with E-state index in [-0.39, 0.29) is 10.8 Å². The number of benzene rings is 1. The topological polar surface area (TPSA) is 86.8 Å². The van der Waals surface area contributed by atoms with Crippen LogP contribution in [0.2, 0.25) is 0 Å². The lowest BCUT2D eigenvalue weighted by molar-refractivity contribution is -0.119. The average Bonchev–Trinajstić information content (AvgIpc) is 2.61. The molecule has 1 heterocycles. The molecule has 0 saturated carbocycles. The van der Waals surface area contributed by atoms with Gasteiger partial charge in [-0.2, -0.15) is 0 Å². The van der Waals surface area contributed by atoms with Crippen LogP contribution in [0.3, 0.4) is 0 Å². The van der Waals surface area contributed by atoms with Gasteiger partial charge in [0, 0.05) is 38.3 Å². The Bertz CT molecular complexity index is 665. The number of piperazine rings is 1. The van der Waals surface area contributed by atoms with Crippen molar-refractivity contribution in [2.24, 2.45) is 0 Å². The fourth-order valence-corrected chi connectivity index (χ4v) is 3.53. The number of hydrogen-bond acceptors (Lipinski definition) is 4. The molecule has 0 radical (unpaired) electrons. The van der Waals surface area contributed by atoms with E-state index in [0.29, 0.717) is 38.3 Å². The monoisotopic (exact) mass is 353 g/mol. The van der Waals surface area contributed by atoms with Crippen LogP contribution in [-0.4, -0.2) is 63.3 Å². The molecule has 0 unspecified atom stereocenters. The first-order chi connectivity index (χ1) is 11.5. The average molecular weight is 353 g/mol. The van der Waals surface area contributed by atoms with Gasteiger partial charge in [0.25, 0.3) is 5.91 Å². The van der Waals surface area contributed by atoms with Crippen molar-refractivity contribution in [3.63, 3.8) is 0 Å². The first-order valence-electron chi connectivity index (χ1n) is 8.06. The minimum atomic E-state index is -3.53. The number of sulfonamides is 1. The second-order valence-corrected chi connectivity index (χ2v) is 7.48. The summed E-state index contributed by atoms with van der Waals surface area (Å²) in [6.45, 7) is 4.39. The van der Waals surface area contributed by atoms with Gasteiger partial charge in [0.05, 0.1) is 4.90 Å². The lowest BCUT2D eigenvalue weighted by atomic mass is 10.2. The second kappa shape index (κ2) is 8.25. The van der Waals surface area contributed by atoms with Gasteiger partial charge < -0.3 is 9.80 Å². The van der Waals surface area contributed by atoms with Gasteiger partial charge in [-0.25, -0.2) is 13.1 Å². The molecule has 1 aliphatic heterocycles. The molecule has 2 rings (SSSR count). The summed E-state index contributed by atoms with van der Waals surface area (Å²) < 4.78 is 26.8. The lowest BCUT2D eigenvalue weighted by Gasteiger charge is -2.32. The Balaban J connectivity index is 2.01. The summed E-state index contributed by atoms with van der Waals surface area (Å²) in [5.41, 5.74) is 0.446. The third-order valence-electron chi connectivity index (χ3n) is 3.98. The maximum Gasteiger partial charge on any atom is 0.253 e. The number of rotatable bonds is 7. The largest absolute Gasteiger partial charge is 0.342 e.